The van der Waals surface area contributed by atoms with Crippen LogP contribution in [0.3, 0.4) is 0 Å². The zero-order chi connectivity index (χ0) is 13.9. The van der Waals surface area contributed by atoms with Crippen molar-refractivity contribution in [3.63, 3.8) is 0 Å². The molecule has 0 saturated carbocycles. The molecule has 1 N–H and O–H groups in total. The van der Waals surface area contributed by atoms with Crippen LogP contribution in [-0.4, -0.2) is 22.3 Å². The first-order valence-corrected chi connectivity index (χ1v) is 6.81. The minimum Gasteiger partial charge on any atom is -0.286 e. The molecule has 0 bridgehead atoms. The highest BCUT2D eigenvalue weighted by atomic mass is 35.5. The summed E-state index contributed by atoms with van der Waals surface area (Å²) in [6.45, 7) is 0.807. The van der Waals surface area contributed by atoms with Gasteiger partial charge in [-0.25, -0.2) is 15.0 Å². The molecule has 2 aromatic rings. The largest absolute Gasteiger partial charge is 0.286 e. The Labute approximate surface area is 126 Å². The summed E-state index contributed by atoms with van der Waals surface area (Å²) in [5.74, 6) is 1.49. The predicted molar refractivity (Wildman–Crippen MR) is 80.7 cm³/mol. The normalized spacial score (nSPS) is 16.5. The van der Waals surface area contributed by atoms with Crippen LogP contribution in [0, 0.1) is 0 Å². The lowest BCUT2D eigenvalue weighted by Crippen LogP contribution is -2.32. The van der Waals surface area contributed by atoms with E-state index in [2.05, 4.69) is 20.4 Å². The van der Waals surface area contributed by atoms with E-state index in [0.717, 1.165) is 24.5 Å². The van der Waals surface area contributed by atoms with Crippen LogP contribution in [0.15, 0.2) is 41.8 Å². The Kier molecular flexibility index (Phi) is 3.71. The number of nitrogens with one attached hydrogen (secondary N) is 1. The van der Waals surface area contributed by atoms with Crippen molar-refractivity contribution in [1.82, 2.24) is 15.4 Å². The van der Waals surface area contributed by atoms with Gasteiger partial charge in [-0.05, 0) is 18.2 Å². The number of hydrogen-bond acceptors (Lipinski definition) is 4. The Morgan fingerprint density at radius 3 is 2.85 bits per heavy atom. The molecule has 1 aliphatic heterocycles. The zero-order valence-corrected chi connectivity index (χ0v) is 11.9. The van der Waals surface area contributed by atoms with E-state index in [0.29, 0.717) is 15.9 Å². The number of benzene rings is 1. The molecule has 5 nitrogen and oxygen atoms in total. The number of hydrogen-bond donors (Lipinski definition) is 1. The second-order valence-electron chi connectivity index (χ2n) is 4.24. The highest BCUT2D eigenvalue weighted by Gasteiger charge is 2.18. The van der Waals surface area contributed by atoms with Gasteiger partial charge in [-0.15, -0.1) is 0 Å². The maximum atomic E-state index is 6.02. The van der Waals surface area contributed by atoms with E-state index < -0.39 is 0 Å². The van der Waals surface area contributed by atoms with Gasteiger partial charge in [0, 0.05) is 25.2 Å². The standard InChI is InChI=1S/C13H11Cl2N5/c14-10-2-1-9(7-11(10)15)20-6-4-13(19-20)18-12-3-5-16-8-17-12/h1-3,5,7-8H,4,6H2,(H,16,17,18,19). The third-order valence-corrected chi connectivity index (χ3v) is 3.61. The summed E-state index contributed by atoms with van der Waals surface area (Å²) in [5, 5.41) is 3.05. The molecule has 1 fully saturated rings. The number of rotatable bonds is 2. The fourth-order valence-corrected chi connectivity index (χ4v) is 2.19. The van der Waals surface area contributed by atoms with Crippen LogP contribution in [0.1, 0.15) is 6.42 Å². The minimum atomic E-state index is 0.534. The summed E-state index contributed by atoms with van der Waals surface area (Å²) in [4.78, 5) is 12.4. The molecule has 20 heavy (non-hydrogen) atoms. The van der Waals surface area contributed by atoms with E-state index in [9.17, 15) is 0 Å². The Morgan fingerprint density at radius 1 is 1.20 bits per heavy atom. The van der Waals surface area contributed by atoms with Crippen LogP contribution in [0.25, 0.3) is 0 Å². The monoisotopic (exact) mass is 307 g/mol. The van der Waals surface area contributed by atoms with Crippen molar-refractivity contribution in [2.45, 2.75) is 6.42 Å². The second-order valence-corrected chi connectivity index (χ2v) is 5.05. The molecule has 1 aromatic heterocycles. The number of halogens is 2. The van der Waals surface area contributed by atoms with Gasteiger partial charge in [-0.3, -0.25) is 10.4 Å². The van der Waals surface area contributed by atoms with Gasteiger partial charge in [0.25, 0.3) is 0 Å². The molecule has 1 aliphatic rings. The quantitative estimate of drug-likeness (QED) is 0.925. The molecule has 7 heteroatoms. The first kappa shape index (κ1) is 13.1. The molecule has 0 aliphatic carbocycles. The molecule has 1 aromatic carbocycles. The molecular weight excluding hydrogens is 297 g/mol. The molecule has 0 amide bonds. The van der Waals surface area contributed by atoms with Gasteiger partial charge in [0.15, 0.2) is 5.82 Å². The van der Waals surface area contributed by atoms with E-state index in [4.69, 9.17) is 23.2 Å². The van der Waals surface area contributed by atoms with E-state index >= 15 is 0 Å². The summed E-state index contributed by atoms with van der Waals surface area (Å²) in [7, 11) is 0. The third kappa shape index (κ3) is 2.84. The van der Waals surface area contributed by atoms with Crippen LogP contribution < -0.4 is 10.4 Å². The Balaban J connectivity index is 1.76. The topological polar surface area (TPSA) is 53.4 Å². The Morgan fingerprint density at radius 2 is 2.10 bits per heavy atom. The fourth-order valence-electron chi connectivity index (χ4n) is 1.90. The van der Waals surface area contributed by atoms with E-state index in [1.807, 2.05) is 17.1 Å². The lowest BCUT2D eigenvalue weighted by atomic mass is 10.3. The van der Waals surface area contributed by atoms with Gasteiger partial charge < -0.3 is 0 Å². The highest BCUT2D eigenvalue weighted by molar-refractivity contribution is 6.42. The first-order valence-electron chi connectivity index (χ1n) is 6.05. The maximum Gasteiger partial charge on any atom is 0.157 e. The predicted octanol–water partition coefficient (Wildman–Crippen LogP) is 3.23. The summed E-state index contributed by atoms with van der Waals surface area (Å²) in [5.41, 5.74) is 4.17. The molecule has 0 unspecified atom stereocenters. The maximum absolute atomic E-state index is 6.02. The van der Waals surface area contributed by atoms with Gasteiger partial charge in [0.2, 0.25) is 0 Å². The Hall–Kier alpha value is -1.85. The smallest absolute Gasteiger partial charge is 0.157 e. The number of hydrazine groups is 1. The van der Waals surface area contributed by atoms with Crippen LogP contribution in [0.5, 0.6) is 0 Å². The lowest BCUT2D eigenvalue weighted by Gasteiger charge is -2.18. The molecule has 102 valence electrons. The highest BCUT2D eigenvalue weighted by Crippen LogP contribution is 2.27. The van der Waals surface area contributed by atoms with Crippen molar-refractivity contribution in [2.75, 3.05) is 11.6 Å². The summed E-state index contributed by atoms with van der Waals surface area (Å²) in [6.07, 6.45) is 3.95. The second kappa shape index (κ2) is 5.64. The van der Waals surface area contributed by atoms with Gasteiger partial charge in [-0.2, -0.15) is 0 Å². The molecule has 0 radical (unpaired) electrons. The van der Waals surface area contributed by atoms with Crippen molar-refractivity contribution < 1.29 is 0 Å². The van der Waals surface area contributed by atoms with E-state index in [-0.39, 0.29) is 0 Å². The van der Waals surface area contributed by atoms with Crippen LogP contribution in [-0.2, 0) is 0 Å². The van der Waals surface area contributed by atoms with Crippen molar-refractivity contribution in [3.05, 3.63) is 46.8 Å². The molecule has 0 spiro atoms. The van der Waals surface area contributed by atoms with Crippen LogP contribution >= 0.6 is 23.2 Å². The first-order chi connectivity index (χ1) is 9.72. The molecule has 1 saturated heterocycles. The van der Waals surface area contributed by atoms with Crippen molar-refractivity contribution in [3.8, 4) is 0 Å². The zero-order valence-electron chi connectivity index (χ0n) is 10.4. The average Bonchev–Trinajstić information content (AvgIpc) is 2.91. The van der Waals surface area contributed by atoms with Gasteiger partial charge in [0.1, 0.15) is 12.2 Å². The third-order valence-electron chi connectivity index (χ3n) is 2.87. The summed E-state index contributed by atoms with van der Waals surface area (Å²) < 4.78 is 0. The van der Waals surface area contributed by atoms with Crippen LogP contribution in [0.2, 0.25) is 10.0 Å². The SMILES string of the molecule is Clc1ccc(N2CCC(=Nc3ccncn3)N2)cc1Cl. The molecule has 0 atom stereocenters. The number of nitrogens with zero attached hydrogens (tertiary/aromatic N) is 4. The fraction of sp³-hybridized carbons (Fsp3) is 0.154. The number of aliphatic imine (C=N–C) groups is 1. The molecule has 3 rings (SSSR count). The van der Waals surface area contributed by atoms with E-state index in [1.165, 1.54) is 6.33 Å². The minimum absolute atomic E-state index is 0.534. The van der Waals surface area contributed by atoms with Crippen molar-refractivity contribution in [1.29, 1.82) is 0 Å². The number of amidine groups is 1. The van der Waals surface area contributed by atoms with Gasteiger partial charge >= 0.3 is 0 Å². The van der Waals surface area contributed by atoms with E-state index in [1.54, 1.807) is 18.3 Å². The average molecular weight is 308 g/mol. The molecule has 2 heterocycles. The van der Waals surface area contributed by atoms with Gasteiger partial charge in [-0.1, -0.05) is 23.2 Å². The number of anilines is 1. The lowest BCUT2D eigenvalue weighted by molar-refractivity contribution is 0.858. The van der Waals surface area contributed by atoms with Crippen molar-refractivity contribution >= 4 is 40.5 Å². The molecular formula is C13H11Cl2N5. The van der Waals surface area contributed by atoms with Gasteiger partial charge in [0.05, 0.1) is 15.7 Å². The summed E-state index contributed by atoms with van der Waals surface area (Å²) in [6, 6.07) is 7.27. The Bertz CT molecular complexity index is 644. The van der Waals surface area contributed by atoms with Crippen LogP contribution in [0.4, 0.5) is 11.5 Å². The number of aromatic nitrogens is 2. The van der Waals surface area contributed by atoms with Crippen molar-refractivity contribution in [2.24, 2.45) is 4.99 Å². The summed E-state index contributed by atoms with van der Waals surface area (Å²) >= 11 is 11.9.